The van der Waals surface area contributed by atoms with Crippen molar-refractivity contribution in [3.8, 4) is 5.75 Å². The maximum absolute atomic E-state index is 11.7. The van der Waals surface area contributed by atoms with E-state index in [4.69, 9.17) is 10.1 Å². The number of benzene rings is 1. The minimum absolute atomic E-state index is 0.0394. The van der Waals surface area contributed by atoms with E-state index in [1.807, 2.05) is 24.3 Å². The fourth-order valence-corrected chi connectivity index (χ4v) is 6.40. The summed E-state index contributed by atoms with van der Waals surface area (Å²) in [6.07, 6.45) is 0. The van der Waals surface area contributed by atoms with Crippen molar-refractivity contribution in [2.45, 2.75) is 11.3 Å². The van der Waals surface area contributed by atoms with Gasteiger partial charge in [-0.1, -0.05) is 23.9 Å². The second-order valence-corrected chi connectivity index (χ2v) is 8.03. The molecule has 7 heteroatoms. The Bertz CT molecular complexity index is 630. The number of anilines is 1. The molecule has 1 aromatic rings. The molecule has 2 aliphatic rings. The Hall–Kier alpha value is -1.21. The minimum atomic E-state index is -2.99. The Balaban J connectivity index is 2.02. The number of nitrogens with one attached hydrogen (secondary N) is 1. The highest BCUT2D eigenvalue weighted by Gasteiger charge is 2.49. The van der Waals surface area contributed by atoms with Crippen LogP contribution in [-0.2, 0) is 9.84 Å². The summed E-state index contributed by atoms with van der Waals surface area (Å²) in [4.78, 5) is 1.79. The zero-order valence-corrected chi connectivity index (χ0v) is 12.0. The van der Waals surface area contributed by atoms with Crippen LogP contribution < -0.4 is 9.64 Å². The van der Waals surface area contributed by atoms with Gasteiger partial charge in [0.05, 0.1) is 30.3 Å². The summed E-state index contributed by atoms with van der Waals surface area (Å²) < 4.78 is 28.8. The van der Waals surface area contributed by atoms with Crippen molar-refractivity contribution in [1.29, 1.82) is 5.41 Å². The first-order valence-corrected chi connectivity index (χ1v) is 8.60. The van der Waals surface area contributed by atoms with Crippen LogP contribution in [0.15, 0.2) is 24.3 Å². The minimum Gasteiger partial charge on any atom is -0.495 e. The predicted octanol–water partition coefficient (Wildman–Crippen LogP) is 1.35. The maximum atomic E-state index is 11.7. The third-order valence-corrected chi connectivity index (χ3v) is 6.56. The molecule has 3 rings (SSSR count). The van der Waals surface area contributed by atoms with Gasteiger partial charge in [-0.2, -0.15) is 0 Å². The molecule has 2 heterocycles. The van der Waals surface area contributed by atoms with Crippen molar-refractivity contribution in [2.75, 3.05) is 23.5 Å². The van der Waals surface area contributed by atoms with Crippen molar-refractivity contribution < 1.29 is 13.2 Å². The number of hydrogen-bond donors (Lipinski definition) is 1. The molecule has 2 unspecified atom stereocenters. The molecule has 0 aliphatic carbocycles. The standard InChI is InChI=1S/C12H14N2O3S2/c1-17-10-5-3-2-4-8(10)14-9-6-19(15,16)7-11(9)18-12(14)13/h2-5,9,11,13H,6-7H2,1H3. The molecule has 2 atom stereocenters. The third kappa shape index (κ3) is 2.10. The molecule has 19 heavy (non-hydrogen) atoms. The fraction of sp³-hybridized carbons (Fsp3) is 0.417. The molecule has 2 aliphatic heterocycles. The van der Waals surface area contributed by atoms with Crippen LogP contribution in [0.5, 0.6) is 5.75 Å². The van der Waals surface area contributed by atoms with Crippen LogP contribution in [0.2, 0.25) is 0 Å². The maximum Gasteiger partial charge on any atom is 0.161 e. The van der Waals surface area contributed by atoms with E-state index in [0.29, 0.717) is 10.9 Å². The van der Waals surface area contributed by atoms with E-state index in [2.05, 4.69) is 0 Å². The zero-order valence-electron chi connectivity index (χ0n) is 10.4. The lowest BCUT2D eigenvalue weighted by molar-refractivity contribution is 0.415. The topological polar surface area (TPSA) is 70.5 Å². The number of hydrogen-bond acceptors (Lipinski definition) is 5. The first-order valence-electron chi connectivity index (χ1n) is 5.90. The summed E-state index contributed by atoms with van der Waals surface area (Å²) >= 11 is 1.34. The van der Waals surface area contributed by atoms with Crippen LogP contribution in [0, 0.1) is 5.41 Å². The molecule has 0 spiro atoms. The van der Waals surface area contributed by atoms with Crippen LogP contribution in [0.3, 0.4) is 0 Å². The lowest BCUT2D eigenvalue weighted by atomic mass is 10.2. The lowest BCUT2D eigenvalue weighted by Gasteiger charge is -2.25. The van der Waals surface area contributed by atoms with Gasteiger partial charge in [-0.3, -0.25) is 5.41 Å². The molecule has 1 N–H and O–H groups in total. The van der Waals surface area contributed by atoms with Crippen LogP contribution in [0.4, 0.5) is 5.69 Å². The average molecular weight is 298 g/mol. The van der Waals surface area contributed by atoms with Crippen molar-refractivity contribution in [3.05, 3.63) is 24.3 Å². The van der Waals surface area contributed by atoms with E-state index in [0.717, 1.165) is 5.69 Å². The zero-order chi connectivity index (χ0) is 13.6. The number of fused-ring (bicyclic) bond motifs is 1. The molecule has 102 valence electrons. The van der Waals surface area contributed by atoms with Gasteiger partial charge in [0.15, 0.2) is 15.0 Å². The Morgan fingerprint density at radius 2 is 2.11 bits per heavy atom. The molecule has 0 bridgehead atoms. The summed E-state index contributed by atoms with van der Waals surface area (Å²) in [6, 6.07) is 7.26. The van der Waals surface area contributed by atoms with Gasteiger partial charge < -0.3 is 9.64 Å². The van der Waals surface area contributed by atoms with Crippen molar-refractivity contribution in [3.63, 3.8) is 0 Å². The van der Waals surface area contributed by atoms with E-state index >= 15 is 0 Å². The Morgan fingerprint density at radius 3 is 2.84 bits per heavy atom. The SMILES string of the molecule is COc1ccccc1N1C(=N)SC2CS(=O)(=O)CC21. The number of para-hydroxylation sites is 2. The highest BCUT2D eigenvalue weighted by atomic mass is 32.2. The predicted molar refractivity (Wildman–Crippen MR) is 77.0 cm³/mol. The highest BCUT2D eigenvalue weighted by molar-refractivity contribution is 8.15. The van der Waals surface area contributed by atoms with Gasteiger partial charge in [0.2, 0.25) is 0 Å². The van der Waals surface area contributed by atoms with Gasteiger partial charge >= 0.3 is 0 Å². The largest absolute Gasteiger partial charge is 0.495 e. The van der Waals surface area contributed by atoms with Crippen LogP contribution >= 0.6 is 11.8 Å². The summed E-state index contributed by atoms with van der Waals surface area (Å²) in [5, 5.41) is 8.44. The Morgan fingerprint density at radius 1 is 1.37 bits per heavy atom. The molecule has 0 amide bonds. The first-order chi connectivity index (χ1) is 9.02. The molecule has 5 nitrogen and oxygen atoms in total. The number of nitrogens with zero attached hydrogens (tertiary/aromatic N) is 1. The summed E-state index contributed by atoms with van der Waals surface area (Å²) in [5.74, 6) is 0.944. The van der Waals surface area contributed by atoms with E-state index in [1.54, 1.807) is 12.0 Å². The van der Waals surface area contributed by atoms with Crippen molar-refractivity contribution in [1.82, 2.24) is 0 Å². The van der Waals surface area contributed by atoms with E-state index < -0.39 is 9.84 Å². The normalized spacial score (nSPS) is 28.5. The molecule has 1 aromatic carbocycles. The summed E-state index contributed by atoms with van der Waals surface area (Å²) in [7, 11) is -1.41. The van der Waals surface area contributed by atoms with Gasteiger partial charge in [-0.15, -0.1) is 0 Å². The number of rotatable bonds is 2. The molecular formula is C12H14N2O3S2. The number of thioether (sulfide) groups is 1. The van der Waals surface area contributed by atoms with Crippen LogP contribution in [0.1, 0.15) is 0 Å². The fourth-order valence-electron chi connectivity index (χ4n) is 2.62. The molecule has 0 radical (unpaired) electrons. The van der Waals surface area contributed by atoms with Gasteiger partial charge in [0.25, 0.3) is 0 Å². The van der Waals surface area contributed by atoms with Crippen molar-refractivity contribution >= 4 is 32.5 Å². The number of methoxy groups -OCH3 is 1. The summed E-state index contributed by atoms with van der Waals surface area (Å²) in [5.41, 5.74) is 0.770. The van der Waals surface area contributed by atoms with Gasteiger partial charge in [-0.25, -0.2) is 8.42 Å². The monoisotopic (exact) mass is 298 g/mol. The molecular weight excluding hydrogens is 284 g/mol. The second-order valence-electron chi connectivity index (χ2n) is 4.65. The summed E-state index contributed by atoms with van der Waals surface area (Å²) in [6.45, 7) is 0. The smallest absolute Gasteiger partial charge is 0.161 e. The van der Waals surface area contributed by atoms with Crippen LogP contribution in [-0.4, -0.2) is 43.5 Å². The molecule has 0 aromatic heterocycles. The first kappa shape index (κ1) is 12.8. The Kier molecular flexibility index (Phi) is 2.98. The Labute approximate surface area is 116 Å². The molecule has 2 fully saturated rings. The van der Waals surface area contributed by atoms with Crippen molar-refractivity contribution in [2.24, 2.45) is 0 Å². The number of amidine groups is 1. The van der Waals surface area contributed by atoms with E-state index in [9.17, 15) is 8.42 Å². The quantitative estimate of drug-likeness (QED) is 0.892. The van der Waals surface area contributed by atoms with E-state index in [-0.39, 0.29) is 22.8 Å². The van der Waals surface area contributed by atoms with Gasteiger partial charge in [0.1, 0.15) is 5.75 Å². The average Bonchev–Trinajstić information content (AvgIpc) is 2.79. The van der Waals surface area contributed by atoms with Gasteiger partial charge in [0, 0.05) is 5.25 Å². The van der Waals surface area contributed by atoms with Gasteiger partial charge in [-0.05, 0) is 12.1 Å². The second kappa shape index (κ2) is 4.42. The molecule has 2 saturated heterocycles. The number of ether oxygens (including phenoxy) is 1. The third-order valence-electron chi connectivity index (χ3n) is 3.43. The highest BCUT2D eigenvalue weighted by Crippen LogP contribution is 2.42. The lowest BCUT2D eigenvalue weighted by Crippen LogP contribution is -2.37. The van der Waals surface area contributed by atoms with E-state index in [1.165, 1.54) is 11.8 Å². The van der Waals surface area contributed by atoms with Crippen LogP contribution in [0.25, 0.3) is 0 Å². The number of sulfone groups is 1. The molecule has 0 saturated carbocycles.